The fourth-order valence-corrected chi connectivity index (χ4v) is 1.99. The number of carboxylic acids is 3. The monoisotopic (exact) mass is 375 g/mol. The van der Waals surface area contributed by atoms with Crippen molar-refractivity contribution in [3.8, 4) is 0 Å². The van der Waals surface area contributed by atoms with E-state index in [4.69, 9.17) is 21.1 Å². The van der Waals surface area contributed by atoms with E-state index in [2.05, 4.69) is 10.6 Å². The predicted molar refractivity (Wildman–Crippen MR) is 88.1 cm³/mol. The van der Waals surface area contributed by atoms with Crippen LogP contribution in [0.5, 0.6) is 0 Å². The molecule has 148 valence electrons. The van der Waals surface area contributed by atoms with Crippen LogP contribution < -0.4 is 16.4 Å². The van der Waals surface area contributed by atoms with E-state index in [0.717, 1.165) is 0 Å². The van der Waals surface area contributed by atoms with E-state index in [1.807, 2.05) is 0 Å². The summed E-state index contributed by atoms with van der Waals surface area (Å²) in [6.07, 6.45) is -1.20. The van der Waals surface area contributed by atoms with Crippen molar-refractivity contribution in [2.75, 3.05) is 0 Å². The highest BCUT2D eigenvalue weighted by Gasteiger charge is 2.30. The maximum Gasteiger partial charge on any atom is 0.326 e. The molecule has 0 heterocycles. The van der Waals surface area contributed by atoms with Crippen molar-refractivity contribution in [3.63, 3.8) is 0 Å². The topological polar surface area (TPSA) is 196 Å². The summed E-state index contributed by atoms with van der Waals surface area (Å²) in [5, 5.41) is 30.9. The lowest BCUT2D eigenvalue weighted by molar-refractivity contribution is -0.143. The van der Waals surface area contributed by atoms with Gasteiger partial charge in [0.1, 0.15) is 12.1 Å². The van der Waals surface area contributed by atoms with Crippen LogP contribution in [0.1, 0.15) is 39.5 Å². The van der Waals surface area contributed by atoms with Crippen molar-refractivity contribution in [3.05, 3.63) is 0 Å². The van der Waals surface area contributed by atoms with E-state index < -0.39 is 60.2 Å². The summed E-state index contributed by atoms with van der Waals surface area (Å²) in [6, 6.07) is -3.66. The zero-order chi connectivity index (χ0) is 20.4. The molecular weight excluding hydrogens is 350 g/mol. The van der Waals surface area contributed by atoms with Crippen molar-refractivity contribution in [1.82, 2.24) is 10.6 Å². The Morgan fingerprint density at radius 2 is 1.35 bits per heavy atom. The van der Waals surface area contributed by atoms with Gasteiger partial charge in [-0.25, -0.2) is 4.79 Å². The Bertz CT molecular complexity index is 549. The van der Waals surface area contributed by atoms with E-state index in [-0.39, 0.29) is 19.3 Å². The van der Waals surface area contributed by atoms with Crippen molar-refractivity contribution in [2.24, 2.45) is 11.7 Å². The molecule has 3 atom stereocenters. The fraction of sp³-hybridized carbons (Fsp3) is 0.667. The Balaban J connectivity index is 4.92. The van der Waals surface area contributed by atoms with Crippen molar-refractivity contribution in [1.29, 1.82) is 0 Å². The highest BCUT2D eigenvalue weighted by atomic mass is 16.4. The maximum absolute atomic E-state index is 12.3. The van der Waals surface area contributed by atoms with Crippen LogP contribution in [-0.2, 0) is 24.0 Å². The smallest absolute Gasteiger partial charge is 0.326 e. The summed E-state index contributed by atoms with van der Waals surface area (Å²) in [5.74, 6) is -5.67. The third-order valence-corrected chi connectivity index (χ3v) is 3.51. The molecule has 0 aromatic rings. The van der Waals surface area contributed by atoms with Gasteiger partial charge in [-0.1, -0.05) is 13.8 Å². The highest BCUT2D eigenvalue weighted by molar-refractivity contribution is 5.92. The largest absolute Gasteiger partial charge is 0.481 e. The third kappa shape index (κ3) is 8.97. The summed E-state index contributed by atoms with van der Waals surface area (Å²) in [7, 11) is 0. The van der Waals surface area contributed by atoms with Crippen LogP contribution in [0.4, 0.5) is 0 Å². The molecule has 11 heteroatoms. The van der Waals surface area contributed by atoms with Crippen LogP contribution >= 0.6 is 0 Å². The number of rotatable bonds is 12. The van der Waals surface area contributed by atoms with Crippen LogP contribution in [0.3, 0.4) is 0 Å². The first-order valence-electron chi connectivity index (χ1n) is 7.98. The minimum Gasteiger partial charge on any atom is -0.481 e. The van der Waals surface area contributed by atoms with Gasteiger partial charge in [-0.3, -0.25) is 19.2 Å². The average Bonchev–Trinajstić information content (AvgIpc) is 2.52. The lowest BCUT2D eigenvalue weighted by Crippen LogP contribution is -2.56. The number of carbonyl (C=O) groups excluding carboxylic acids is 2. The molecule has 0 aliphatic heterocycles. The summed E-state index contributed by atoms with van der Waals surface area (Å²) in [4.78, 5) is 56.5. The molecule has 0 aliphatic carbocycles. The van der Waals surface area contributed by atoms with Crippen LogP contribution in [0, 0.1) is 5.92 Å². The van der Waals surface area contributed by atoms with Gasteiger partial charge in [0.25, 0.3) is 0 Å². The molecule has 11 nitrogen and oxygen atoms in total. The van der Waals surface area contributed by atoms with Gasteiger partial charge in [0.15, 0.2) is 0 Å². The van der Waals surface area contributed by atoms with Gasteiger partial charge in [-0.15, -0.1) is 0 Å². The van der Waals surface area contributed by atoms with Gasteiger partial charge in [-0.05, 0) is 18.8 Å². The van der Waals surface area contributed by atoms with Crippen molar-refractivity contribution in [2.45, 2.75) is 57.7 Å². The fourth-order valence-electron chi connectivity index (χ4n) is 1.99. The molecular formula is C15H25N3O8. The minimum atomic E-state index is -1.42. The first kappa shape index (κ1) is 23.3. The average molecular weight is 375 g/mol. The number of carbonyl (C=O) groups is 5. The third-order valence-electron chi connectivity index (χ3n) is 3.51. The molecule has 0 saturated heterocycles. The lowest BCUT2D eigenvalue weighted by Gasteiger charge is -2.25. The summed E-state index contributed by atoms with van der Waals surface area (Å²) in [5.41, 5.74) is 5.58. The molecule has 0 aliphatic rings. The van der Waals surface area contributed by atoms with Crippen LogP contribution in [-0.4, -0.2) is 63.2 Å². The van der Waals surface area contributed by atoms with Gasteiger partial charge in [0.05, 0.1) is 6.04 Å². The van der Waals surface area contributed by atoms with E-state index in [1.54, 1.807) is 13.8 Å². The molecule has 0 radical (unpaired) electrons. The van der Waals surface area contributed by atoms with E-state index in [1.165, 1.54) is 0 Å². The van der Waals surface area contributed by atoms with E-state index >= 15 is 0 Å². The molecule has 0 spiro atoms. The Morgan fingerprint density at radius 1 is 0.846 bits per heavy atom. The van der Waals surface area contributed by atoms with Crippen LogP contribution in [0.25, 0.3) is 0 Å². The Morgan fingerprint density at radius 3 is 1.77 bits per heavy atom. The zero-order valence-electron chi connectivity index (χ0n) is 14.6. The first-order chi connectivity index (χ1) is 12.0. The van der Waals surface area contributed by atoms with Gasteiger partial charge >= 0.3 is 17.9 Å². The number of amides is 2. The molecule has 26 heavy (non-hydrogen) atoms. The number of hydrogen-bond donors (Lipinski definition) is 6. The molecule has 0 unspecified atom stereocenters. The minimum absolute atomic E-state index is 0.121. The summed E-state index contributed by atoms with van der Waals surface area (Å²) >= 11 is 0. The second kappa shape index (κ2) is 11.0. The second-order valence-electron chi connectivity index (χ2n) is 6.10. The van der Waals surface area contributed by atoms with Crippen LogP contribution in [0.15, 0.2) is 0 Å². The molecule has 0 fully saturated rings. The molecule has 0 aromatic carbocycles. The highest BCUT2D eigenvalue weighted by Crippen LogP contribution is 2.06. The Kier molecular flexibility index (Phi) is 9.89. The maximum atomic E-state index is 12.3. The van der Waals surface area contributed by atoms with E-state index in [9.17, 15) is 24.0 Å². The van der Waals surface area contributed by atoms with Gasteiger partial charge in [0.2, 0.25) is 11.8 Å². The molecule has 7 N–H and O–H groups in total. The standard InChI is InChI=1S/C15H25N3O8/c1-7(2)12(18-13(23)8(16)3-5-10(19)20)14(24)17-9(15(25)26)4-6-11(21)22/h7-9,12H,3-6,16H2,1-2H3,(H,17,24)(H,18,23)(H,19,20)(H,21,22)(H,25,26)/t8-,9-,12-/m0/s1. The molecule has 0 aromatic heterocycles. The molecule has 2 amide bonds. The SMILES string of the molecule is CC(C)[C@H](NC(=O)[C@@H](N)CCC(=O)O)C(=O)N[C@@H](CCC(=O)O)C(=O)O. The zero-order valence-corrected chi connectivity index (χ0v) is 14.6. The number of hydrogen-bond acceptors (Lipinski definition) is 6. The normalized spacial score (nSPS) is 14.2. The first-order valence-corrected chi connectivity index (χ1v) is 7.98. The van der Waals surface area contributed by atoms with Crippen molar-refractivity contribution < 1.29 is 39.3 Å². The van der Waals surface area contributed by atoms with Crippen LogP contribution in [0.2, 0.25) is 0 Å². The number of carboxylic acid groups (broad SMARTS) is 3. The van der Waals surface area contributed by atoms with E-state index in [0.29, 0.717) is 0 Å². The Labute approximate surface area is 149 Å². The Hall–Kier alpha value is -2.69. The van der Waals surface area contributed by atoms with Gasteiger partial charge in [-0.2, -0.15) is 0 Å². The summed E-state index contributed by atoms with van der Waals surface area (Å²) in [6.45, 7) is 3.22. The van der Waals surface area contributed by atoms with Gasteiger partial charge < -0.3 is 31.7 Å². The molecule has 0 bridgehead atoms. The predicted octanol–water partition coefficient (Wildman–Crippen LogP) is -1.25. The summed E-state index contributed by atoms with van der Waals surface area (Å²) < 4.78 is 0. The number of aliphatic carboxylic acids is 3. The number of nitrogens with two attached hydrogens (primary N) is 1. The second-order valence-corrected chi connectivity index (χ2v) is 6.10. The van der Waals surface area contributed by atoms with Gasteiger partial charge in [0, 0.05) is 12.8 Å². The molecule has 0 rings (SSSR count). The number of nitrogens with one attached hydrogen (secondary N) is 2. The molecule has 0 saturated carbocycles. The lowest BCUT2D eigenvalue weighted by atomic mass is 10.0. The van der Waals surface area contributed by atoms with Crippen molar-refractivity contribution >= 4 is 29.7 Å². The quantitative estimate of drug-likeness (QED) is 0.241.